The van der Waals surface area contributed by atoms with Crippen molar-refractivity contribution in [3.05, 3.63) is 59.3 Å². The Hall–Kier alpha value is -2.04. The van der Waals surface area contributed by atoms with Crippen molar-refractivity contribution < 1.29 is 13.2 Å². The average Bonchev–Trinajstić information content (AvgIpc) is 3.25. The molecule has 1 saturated heterocycles. The molecule has 0 spiro atoms. The van der Waals surface area contributed by atoms with Crippen LogP contribution in [-0.2, 0) is 19.3 Å². The van der Waals surface area contributed by atoms with Crippen molar-refractivity contribution in [2.24, 2.45) is 4.99 Å². The lowest BCUT2D eigenvalue weighted by Gasteiger charge is -2.16. The first-order chi connectivity index (χ1) is 14.0. The first-order valence-corrected chi connectivity index (χ1v) is 9.84. The highest BCUT2D eigenvalue weighted by Crippen LogP contribution is 2.29. The van der Waals surface area contributed by atoms with Gasteiger partial charge in [-0.2, -0.15) is 13.2 Å². The van der Waals surface area contributed by atoms with Gasteiger partial charge in [0, 0.05) is 32.4 Å². The molecule has 0 saturated carbocycles. The number of aromatic nitrogens is 1. The Bertz CT molecular complexity index is 818. The number of alkyl halides is 3. The van der Waals surface area contributed by atoms with Crippen LogP contribution in [0.3, 0.4) is 0 Å². The van der Waals surface area contributed by atoms with E-state index in [9.17, 15) is 13.2 Å². The minimum absolute atomic E-state index is 0. The Labute approximate surface area is 192 Å². The first kappa shape index (κ1) is 24.2. The minimum atomic E-state index is -4.32. The Morgan fingerprint density at radius 3 is 2.40 bits per heavy atom. The predicted molar refractivity (Wildman–Crippen MR) is 124 cm³/mol. The van der Waals surface area contributed by atoms with Crippen molar-refractivity contribution in [1.82, 2.24) is 15.6 Å². The summed E-state index contributed by atoms with van der Waals surface area (Å²) in [6.07, 6.45) is -0.118. The Morgan fingerprint density at radius 1 is 1.07 bits per heavy atom. The molecule has 3 rings (SSSR count). The molecule has 1 aromatic heterocycles. The minimum Gasteiger partial charge on any atom is -0.357 e. The van der Waals surface area contributed by atoms with Gasteiger partial charge in [0.2, 0.25) is 0 Å². The summed E-state index contributed by atoms with van der Waals surface area (Å²) in [6.45, 7) is 5.61. The van der Waals surface area contributed by atoms with Gasteiger partial charge in [0.1, 0.15) is 5.82 Å². The number of hydrogen-bond acceptors (Lipinski definition) is 3. The number of benzene rings is 1. The predicted octanol–water partition coefficient (Wildman–Crippen LogP) is 4.57. The zero-order chi connectivity index (χ0) is 20.7. The molecule has 0 atom stereocenters. The largest absolute Gasteiger partial charge is 0.416 e. The van der Waals surface area contributed by atoms with E-state index < -0.39 is 11.7 Å². The van der Waals surface area contributed by atoms with Gasteiger partial charge < -0.3 is 15.5 Å². The molecule has 164 valence electrons. The fraction of sp³-hybridized carbons (Fsp3) is 0.429. The zero-order valence-electron chi connectivity index (χ0n) is 16.9. The van der Waals surface area contributed by atoms with Gasteiger partial charge in [-0.15, -0.1) is 24.0 Å². The number of hydrogen-bond donors (Lipinski definition) is 2. The van der Waals surface area contributed by atoms with Gasteiger partial charge in [-0.25, -0.2) is 9.98 Å². The standard InChI is InChI=1S/C21H26F3N5.HI/c1-2-25-20(27-14-16-5-7-18(8-6-16)21(22,23)24)28-15-17-9-10-26-19(13-17)29-11-3-4-12-29;/h5-10,13H,2-4,11-12,14-15H2,1H3,(H2,25,27,28);1H. The lowest BCUT2D eigenvalue weighted by molar-refractivity contribution is -0.137. The molecule has 1 aliphatic rings. The van der Waals surface area contributed by atoms with Gasteiger partial charge in [-0.05, 0) is 55.2 Å². The van der Waals surface area contributed by atoms with Crippen LogP contribution in [0.1, 0.15) is 36.5 Å². The lowest BCUT2D eigenvalue weighted by Crippen LogP contribution is -2.36. The summed E-state index contributed by atoms with van der Waals surface area (Å²) in [5.74, 6) is 1.60. The Morgan fingerprint density at radius 2 is 1.77 bits per heavy atom. The van der Waals surface area contributed by atoms with Gasteiger partial charge in [0.15, 0.2) is 5.96 Å². The average molecular weight is 533 g/mol. The number of nitrogens with one attached hydrogen (secondary N) is 2. The van der Waals surface area contributed by atoms with Crippen molar-refractivity contribution in [3.63, 3.8) is 0 Å². The summed E-state index contributed by atoms with van der Waals surface area (Å²) in [5, 5.41) is 6.33. The molecule has 2 heterocycles. The van der Waals surface area contributed by atoms with Crippen LogP contribution in [0.2, 0.25) is 0 Å². The smallest absolute Gasteiger partial charge is 0.357 e. The van der Waals surface area contributed by atoms with Crippen LogP contribution >= 0.6 is 24.0 Å². The fourth-order valence-corrected chi connectivity index (χ4v) is 3.19. The van der Waals surface area contributed by atoms with E-state index in [0.717, 1.165) is 42.2 Å². The summed E-state index contributed by atoms with van der Waals surface area (Å²) in [6, 6.07) is 9.15. The van der Waals surface area contributed by atoms with Crippen LogP contribution in [0.25, 0.3) is 0 Å². The van der Waals surface area contributed by atoms with Crippen molar-refractivity contribution in [3.8, 4) is 0 Å². The number of nitrogens with zero attached hydrogens (tertiary/aromatic N) is 3. The molecular formula is C21H27F3IN5. The number of rotatable bonds is 6. The Balaban J connectivity index is 0.00000320. The highest BCUT2D eigenvalue weighted by Gasteiger charge is 2.29. The second kappa shape index (κ2) is 11.4. The van der Waals surface area contributed by atoms with Crippen molar-refractivity contribution in [2.45, 2.75) is 39.0 Å². The van der Waals surface area contributed by atoms with Crippen molar-refractivity contribution in [1.29, 1.82) is 0 Å². The van der Waals surface area contributed by atoms with Gasteiger partial charge in [-0.3, -0.25) is 0 Å². The van der Waals surface area contributed by atoms with Crippen LogP contribution in [-0.4, -0.2) is 30.6 Å². The Kier molecular flexibility index (Phi) is 9.19. The normalized spacial score (nSPS) is 14.4. The van der Waals surface area contributed by atoms with E-state index >= 15 is 0 Å². The van der Waals surface area contributed by atoms with Gasteiger partial charge >= 0.3 is 6.18 Å². The van der Waals surface area contributed by atoms with E-state index in [0.29, 0.717) is 25.6 Å². The molecule has 0 unspecified atom stereocenters. The third-order valence-electron chi connectivity index (χ3n) is 4.75. The molecule has 1 fully saturated rings. The molecule has 0 bridgehead atoms. The monoisotopic (exact) mass is 533 g/mol. The van der Waals surface area contributed by atoms with E-state index in [1.54, 1.807) is 6.20 Å². The molecule has 1 aromatic carbocycles. The van der Waals surface area contributed by atoms with E-state index in [1.807, 2.05) is 13.0 Å². The molecule has 2 aromatic rings. The van der Waals surface area contributed by atoms with Gasteiger partial charge in [0.25, 0.3) is 0 Å². The molecule has 2 N–H and O–H groups in total. The second-order valence-electron chi connectivity index (χ2n) is 6.96. The third kappa shape index (κ3) is 7.03. The number of halogens is 4. The van der Waals surface area contributed by atoms with Crippen molar-refractivity contribution in [2.75, 3.05) is 24.5 Å². The summed E-state index contributed by atoms with van der Waals surface area (Å²) >= 11 is 0. The molecule has 5 nitrogen and oxygen atoms in total. The van der Waals surface area contributed by atoms with E-state index in [-0.39, 0.29) is 24.0 Å². The van der Waals surface area contributed by atoms with Gasteiger partial charge in [0.05, 0.1) is 12.1 Å². The summed E-state index contributed by atoms with van der Waals surface area (Å²) in [4.78, 5) is 11.3. The molecule has 0 radical (unpaired) electrons. The van der Waals surface area contributed by atoms with E-state index in [4.69, 9.17) is 0 Å². The van der Waals surface area contributed by atoms with Crippen LogP contribution < -0.4 is 15.5 Å². The molecule has 0 aliphatic carbocycles. The van der Waals surface area contributed by atoms with Crippen LogP contribution in [0.5, 0.6) is 0 Å². The molecular weight excluding hydrogens is 506 g/mol. The fourth-order valence-electron chi connectivity index (χ4n) is 3.19. The molecule has 9 heteroatoms. The van der Waals surface area contributed by atoms with Gasteiger partial charge in [-0.1, -0.05) is 12.1 Å². The summed E-state index contributed by atoms with van der Waals surface area (Å²) in [7, 11) is 0. The zero-order valence-corrected chi connectivity index (χ0v) is 19.2. The quantitative estimate of drug-likeness (QED) is 0.325. The molecule has 30 heavy (non-hydrogen) atoms. The highest BCUT2D eigenvalue weighted by molar-refractivity contribution is 14.0. The van der Waals surface area contributed by atoms with Crippen molar-refractivity contribution >= 4 is 35.8 Å². The van der Waals surface area contributed by atoms with Crippen LogP contribution in [0, 0.1) is 0 Å². The van der Waals surface area contributed by atoms with Crippen LogP contribution in [0.4, 0.5) is 19.0 Å². The number of aliphatic imine (C=N–C) groups is 1. The molecule has 0 amide bonds. The highest BCUT2D eigenvalue weighted by atomic mass is 127. The number of anilines is 1. The molecule has 1 aliphatic heterocycles. The SMILES string of the molecule is CCNC(=NCc1ccnc(N2CCCC2)c1)NCc1ccc(C(F)(F)F)cc1.I. The maximum absolute atomic E-state index is 12.7. The first-order valence-electron chi connectivity index (χ1n) is 9.84. The summed E-state index contributed by atoms with van der Waals surface area (Å²) < 4.78 is 38.0. The summed E-state index contributed by atoms with van der Waals surface area (Å²) in [5.41, 5.74) is 1.17. The van der Waals surface area contributed by atoms with E-state index in [2.05, 4.69) is 31.6 Å². The maximum Gasteiger partial charge on any atom is 0.416 e. The topological polar surface area (TPSA) is 52.6 Å². The second-order valence-corrected chi connectivity index (χ2v) is 6.96. The third-order valence-corrected chi connectivity index (χ3v) is 4.75. The van der Waals surface area contributed by atoms with Crippen LogP contribution in [0.15, 0.2) is 47.6 Å². The number of guanidine groups is 1. The van der Waals surface area contributed by atoms with E-state index in [1.165, 1.54) is 25.0 Å². The lowest BCUT2D eigenvalue weighted by atomic mass is 10.1. The number of pyridine rings is 1. The maximum atomic E-state index is 12.7.